The van der Waals surface area contributed by atoms with Crippen LogP contribution in [0.2, 0.25) is 0 Å². The number of rotatable bonds is 6. The zero-order valence-corrected chi connectivity index (χ0v) is 14.8. The van der Waals surface area contributed by atoms with E-state index < -0.39 is 11.8 Å². The summed E-state index contributed by atoms with van der Waals surface area (Å²) in [6, 6.07) is 21.1. The van der Waals surface area contributed by atoms with Crippen molar-refractivity contribution in [1.29, 1.82) is 0 Å². The molecule has 3 rings (SSSR count). The molecule has 0 aliphatic carbocycles. The van der Waals surface area contributed by atoms with Gasteiger partial charge in [-0.1, -0.05) is 54.6 Å². The van der Waals surface area contributed by atoms with Gasteiger partial charge in [0.15, 0.2) is 5.76 Å². The molecule has 1 aromatic heterocycles. The highest BCUT2D eigenvalue weighted by Gasteiger charge is 2.10. The van der Waals surface area contributed by atoms with E-state index in [9.17, 15) is 9.59 Å². The van der Waals surface area contributed by atoms with Crippen LogP contribution in [0.25, 0.3) is 11.1 Å². The van der Waals surface area contributed by atoms with Gasteiger partial charge in [-0.05, 0) is 35.7 Å². The highest BCUT2D eigenvalue weighted by Crippen LogP contribution is 2.19. The normalized spacial score (nSPS) is 11.1. The van der Waals surface area contributed by atoms with E-state index in [-0.39, 0.29) is 12.3 Å². The van der Waals surface area contributed by atoms with Crippen LogP contribution in [-0.2, 0) is 4.79 Å². The molecule has 6 heteroatoms. The molecule has 0 unspecified atom stereocenters. The number of carbonyl (C=O) groups is 2. The third-order valence-corrected chi connectivity index (χ3v) is 3.91. The quantitative estimate of drug-likeness (QED) is 0.522. The van der Waals surface area contributed by atoms with E-state index in [1.807, 2.05) is 54.6 Å². The zero-order valence-electron chi connectivity index (χ0n) is 14.8. The summed E-state index contributed by atoms with van der Waals surface area (Å²) in [5.41, 5.74) is 6.24. The van der Waals surface area contributed by atoms with E-state index in [0.29, 0.717) is 5.71 Å². The van der Waals surface area contributed by atoms with Gasteiger partial charge in [-0.25, -0.2) is 5.43 Å². The van der Waals surface area contributed by atoms with Crippen LogP contribution in [0.3, 0.4) is 0 Å². The highest BCUT2D eigenvalue weighted by molar-refractivity contribution is 6.00. The molecule has 0 fully saturated rings. The molecule has 0 saturated heterocycles. The Kier molecular flexibility index (Phi) is 5.79. The van der Waals surface area contributed by atoms with Crippen LogP contribution in [0, 0.1) is 0 Å². The third kappa shape index (κ3) is 4.92. The molecule has 2 amide bonds. The molecule has 27 heavy (non-hydrogen) atoms. The summed E-state index contributed by atoms with van der Waals surface area (Å²) in [6.45, 7) is 1.61. The monoisotopic (exact) mass is 361 g/mol. The minimum absolute atomic E-state index is 0.154. The first-order chi connectivity index (χ1) is 13.1. The first kappa shape index (κ1) is 18.1. The van der Waals surface area contributed by atoms with Crippen LogP contribution in [0.5, 0.6) is 0 Å². The van der Waals surface area contributed by atoms with Crippen LogP contribution < -0.4 is 10.7 Å². The van der Waals surface area contributed by atoms with E-state index in [0.717, 1.165) is 16.7 Å². The number of hydrazone groups is 1. The van der Waals surface area contributed by atoms with Crippen LogP contribution in [-0.4, -0.2) is 24.1 Å². The van der Waals surface area contributed by atoms with Crippen LogP contribution in [0.1, 0.15) is 23.0 Å². The number of nitrogens with one attached hydrogen (secondary N) is 2. The number of hydrogen-bond acceptors (Lipinski definition) is 4. The summed E-state index contributed by atoms with van der Waals surface area (Å²) in [4.78, 5) is 23.5. The number of carbonyl (C=O) groups excluding carboxylic acids is 2. The molecule has 0 bridgehead atoms. The minimum Gasteiger partial charge on any atom is -0.459 e. The summed E-state index contributed by atoms with van der Waals surface area (Å²) in [7, 11) is 0. The maximum absolute atomic E-state index is 11.8. The molecule has 0 radical (unpaired) electrons. The van der Waals surface area contributed by atoms with Crippen LogP contribution >= 0.6 is 0 Å². The topological polar surface area (TPSA) is 83.7 Å². The lowest BCUT2D eigenvalue weighted by atomic mass is 10.0. The Hall–Kier alpha value is -3.67. The van der Waals surface area contributed by atoms with Crippen molar-refractivity contribution < 1.29 is 14.0 Å². The molecular formula is C21H19N3O3. The lowest BCUT2D eigenvalue weighted by Crippen LogP contribution is -2.35. The van der Waals surface area contributed by atoms with Crippen LogP contribution in [0.15, 0.2) is 82.5 Å². The summed E-state index contributed by atoms with van der Waals surface area (Å²) in [5.74, 6) is -0.719. The predicted octanol–water partition coefficient (Wildman–Crippen LogP) is 3.22. The second-order valence-electron chi connectivity index (χ2n) is 5.84. The predicted molar refractivity (Wildman–Crippen MR) is 103 cm³/mol. The SMILES string of the molecule is C/C(=N\NC(=O)CNC(=O)c1ccco1)c1ccc(-c2ccccc2)cc1. The van der Waals surface area contributed by atoms with Crippen LogP contribution in [0.4, 0.5) is 0 Å². The maximum atomic E-state index is 11.8. The standard InChI is InChI=1S/C21H19N3O3/c1-15(16-9-11-18(12-10-16)17-6-3-2-4-7-17)23-24-20(25)14-22-21(26)19-8-5-13-27-19/h2-13H,14H2,1H3,(H,22,26)(H,24,25)/b23-15+. The lowest BCUT2D eigenvalue weighted by Gasteiger charge is -2.06. The van der Waals surface area contributed by atoms with Crippen molar-refractivity contribution in [2.75, 3.05) is 6.54 Å². The second-order valence-corrected chi connectivity index (χ2v) is 5.84. The van der Waals surface area contributed by atoms with Gasteiger partial charge in [0, 0.05) is 0 Å². The molecule has 6 nitrogen and oxygen atoms in total. The largest absolute Gasteiger partial charge is 0.459 e. The summed E-state index contributed by atoms with van der Waals surface area (Å²) in [6.07, 6.45) is 1.39. The fourth-order valence-corrected chi connectivity index (χ4v) is 2.44. The van der Waals surface area contributed by atoms with Crippen molar-refractivity contribution >= 4 is 17.5 Å². The first-order valence-corrected chi connectivity index (χ1v) is 8.44. The molecule has 0 aliphatic heterocycles. The van der Waals surface area contributed by atoms with Crippen molar-refractivity contribution in [2.45, 2.75) is 6.92 Å². The third-order valence-electron chi connectivity index (χ3n) is 3.91. The van der Waals surface area contributed by atoms with Gasteiger partial charge in [0.2, 0.25) is 0 Å². The van der Waals surface area contributed by atoms with Crippen molar-refractivity contribution in [3.8, 4) is 11.1 Å². The van der Waals surface area contributed by atoms with E-state index in [1.165, 1.54) is 12.3 Å². The van der Waals surface area contributed by atoms with Crippen molar-refractivity contribution in [3.05, 3.63) is 84.3 Å². The number of nitrogens with zero attached hydrogens (tertiary/aromatic N) is 1. The Morgan fingerprint density at radius 3 is 2.30 bits per heavy atom. The second kappa shape index (κ2) is 8.62. The average Bonchev–Trinajstić information content (AvgIpc) is 3.26. The molecule has 2 N–H and O–H groups in total. The van der Waals surface area contributed by atoms with Gasteiger partial charge >= 0.3 is 0 Å². The van der Waals surface area contributed by atoms with Gasteiger partial charge in [-0.3, -0.25) is 9.59 Å². The molecule has 0 saturated carbocycles. The number of furan rings is 1. The number of amides is 2. The summed E-state index contributed by atoms with van der Waals surface area (Å²) < 4.78 is 4.95. The molecule has 2 aromatic carbocycles. The number of benzene rings is 2. The fraction of sp³-hybridized carbons (Fsp3) is 0.0952. The van der Waals surface area contributed by atoms with Crippen molar-refractivity contribution in [3.63, 3.8) is 0 Å². The van der Waals surface area contributed by atoms with Gasteiger partial charge in [0.25, 0.3) is 11.8 Å². The minimum atomic E-state index is -0.452. The van der Waals surface area contributed by atoms with Crippen molar-refractivity contribution in [1.82, 2.24) is 10.7 Å². The fourth-order valence-electron chi connectivity index (χ4n) is 2.44. The molecule has 1 heterocycles. The van der Waals surface area contributed by atoms with Gasteiger partial charge in [-0.2, -0.15) is 5.10 Å². The van der Waals surface area contributed by atoms with E-state index in [4.69, 9.17) is 4.42 Å². The molecule has 136 valence electrons. The summed E-state index contributed by atoms with van der Waals surface area (Å²) >= 11 is 0. The Morgan fingerprint density at radius 2 is 1.63 bits per heavy atom. The van der Waals surface area contributed by atoms with E-state index in [1.54, 1.807) is 13.0 Å². The smallest absolute Gasteiger partial charge is 0.287 e. The molecule has 3 aromatic rings. The van der Waals surface area contributed by atoms with Gasteiger partial charge in [-0.15, -0.1) is 0 Å². The number of hydrogen-bond donors (Lipinski definition) is 2. The summed E-state index contributed by atoms with van der Waals surface area (Å²) in [5, 5.41) is 6.54. The van der Waals surface area contributed by atoms with Gasteiger partial charge in [0.1, 0.15) is 0 Å². The first-order valence-electron chi connectivity index (χ1n) is 8.44. The zero-order chi connectivity index (χ0) is 19.1. The van der Waals surface area contributed by atoms with Gasteiger partial charge < -0.3 is 9.73 Å². The Morgan fingerprint density at radius 1 is 0.926 bits per heavy atom. The Bertz CT molecular complexity index is 931. The van der Waals surface area contributed by atoms with E-state index >= 15 is 0 Å². The molecule has 0 spiro atoms. The molecule has 0 atom stereocenters. The highest BCUT2D eigenvalue weighted by atomic mass is 16.3. The maximum Gasteiger partial charge on any atom is 0.287 e. The average molecular weight is 361 g/mol. The van der Waals surface area contributed by atoms with Crippen molar-refractivity contribution in [2.24, 2.45) is 5.10 Å². The lowest BCUT2D eigenvalue weighted by molar-refractivity contribution is -0.120. The Labute approximate surface area is 156 Å². The van der Waals surface area contributed by atoms with E-state index in [2.05, 4.69) is 15.8 Å². The van der Waals surface area contributed by atoms with Gasteiger partial charge in [0.05, 0.1) is 18.5 Å². The molecule has 0 aliphatic rings. The molecular weight excluding hydrogens is 342 g/mol. The Balaban J connectivity index is 1.54.